The molecular weight excluding hydrogens is 240 g/mol. The van der Waals surface area contributed by atoms with Gasteiger partial charge in [-0.15, -0.1) is 0 Å². The summed E-state index contributed by atoms with van der Waals surface area (Å²) in [6, 6.07) is 0.486. The normalized spacial score (nSPS) is 18.7. The van der Waals surface area contributed by atoms with E-state index in [0.29, 0.717) is 12.5 Å². The highest BCUT2D eigenvalue weighted by atomic mass is 16.5. The van der Waals surface area contributed by atoms with Crippen LogP contribution in [0.4, 0.5) is 0 Å². The van der Waals surface area contributed by atoms with Crippen molar-refractivity contribution in [1.82, 2.24) is 9.88 Å². The van der Waals surface area contributed by atoms with Crippen LogP contribution in [-0.4, -0.2) is 24.7 Å². The van der Waals surface area contributed by atoms with Gasteiger partial charge in [-0.2, -0.15) is 0 Å². The summed E-state index contributed by atoms with van der Waals surface area (Å²) in [5.41, 5.74) is 2.91. The average Bonchev–Trinajstić information content (AvgIpc) is 2.72. The van der Waals surface area contributed by atoms with Gasteiger partial charge in [0.2, 0.25) is 0 Å². The van der Waals surface area contributed by atoms with Gasteiger partial charge in [0.15, 0.2) is 0 Å². The minimum Gasteiger partial charge on any atom is -0.469 e. The van der Waals surface area contributed by atoms with Crippen LogP contribution in [0.1, 0.15) is 49.3 Å². The maximum Gasteiger partial charge on any atom is 0.305 e. The van der Waals surface area contributed by atoms with Crippen LogP contribution in [0.5, 0.6) is 0 Å². The molecular formula is C15H24N2O2. The van der Waals surface area contributed by atoms with Gasteiger partial charge in [0.05, 0.1) is 7.11 Å². The highest BCUT2D eigenvalue weighted by Crippen LogP contribution is 2.29. The number of ether oxygens (including phenoxy) is 1. The zero-order chi connectivity index (χ0) is 13.7. The van der Waals surface area contributed by atoms with Gasteiger partial charge in [-0.3, -0.25) is 4.79 Å². The van der Waals surface area contributed by atoms with E-state index >= 15 is 0 Å². The van der Waals surface area contributed by atoms with Crippen LogP contribution in [0.15, 0.2) is 12.4 Å². The lowest BCUT2D eigenvalue weighted by Crippen LogP contribution is -2.15. The van der Waals surface area contributed by atoms with E-state index in [4.69, 9.17) is 0 Å². The second-order valence-corrected chi connectivity index (χ2v) is 5.24. The lowest BCUT2D eigenvalue weighted by molar-refractivity contribution is -0.140. The van der Waals surface area contributed by atoms with Gasteiger partial charge >= 0.3 is 5.97 Å². The summed E-state index contributed by atoms with van der Waals surface area (Å²) in [5, 5.41) is 3.41. The summed E-state index contributed by atoms with van der Waals surface area (Å²) < 4.78 is 6.89. The molecule has 4 nitrogen and oxygen atoms in total. The first kappa shape index (κ1) is 14.1. The quantitative estimate of drug-likeness (QED) is 0.656. The Morgan fingerprint density at radius 3 is 3.05 bits per heavy atom. The molecule has 0 saturated heterocycles. The molecule has 0 amide bonds. The van der Waals surface area contributed by atoms with Crippen LogP contribution in [-0.2, 0) is 22.5 Å². The van der Waals surface area contributed by atoms with Crippen molar-refractivity contribution in [3.05, 3.63) is 23.5 Å². The molecule has 2 rings (SSSR count). The van der Waals surface area contributed by atoms with Gasteiger partial charge in [-0.05, 0) is 43.9 Å². The Morgan fingerprint density at radius 1 is 1.47 bits per heavy atom. The maximum atomic E-state index is 11.1. The topological polar surface area (TPSA) is 43.3 Å². The maximum absolute atomic E-state index is 11.1. The van der Waals surface area contributed by atoms with Crippen molar-refractivity contribution < 1.29 is 9.53 Å². The Balaban J connectivity index is 1.98. The van der Waals surface area contributed by atoms with E-state index < -0.39 is 0 Å². The molecule has 0 saturated carbocycles. The summed E-state index contributed by atoms with van der Waals surface area (Å²) in [6.07, 6.45) is 10.8. The molecule has 1 aromatic heterocycles. The van der Waals surface area contributed by atoms with Crippen molar-refractivity contribution in [2.24, 2.45) is 0 Å². The highest BCUT2D eigenvalue weighted by molar-refractivity contribution is 5.68. The third kappa shape index (κ3) is 3.60. The van der Waals surface area contributed by atoms with Crippen LogP contribution in [0.2, 0.25) is 0 Å². The van der Waals surface area contributed by atoms with Crippen LogP contribution in [0.25, 0.3) is 0 Å². The Bertz CT molecular complexity index is 426. The molecule has 1 unspecified atom stereocenters. The van der Waals surface area contributed by atoms with Crippen molar-refractivity contribution in [1.29, 1.82) is 0 Å². The van der Waals surface area contributed by atoms with E-state index in [2.05, 4.69) is 27.0 Å². The molecule has 1 N–H and O–H groups in total. The van der Waals surface area contributed by atoms with Crippen molar-refractivity contribution in [2.45, 2.75) is 51.1 Å². The molecule has 106 valence electrons. The number of methoxy groups -OCH3 is 1. The summed E-state index contributed by atoms with van der Waals surface area (Å²) in [6.45, 7) is 0.887. The van der Waals surface area contributed by atoms with E-state index in [1.165, 1.54) is 43.9 Å². The van der Waals surface area contributed by atoms with Crippen LogP contribution in [0, 0.1) is 0 Å². The minimum absolute atomic E-state index is 0.123. The number of aryl methyl sites for hydroxylation is 2. The minimum atomic E-state index is -0.123. The van der Waals surface area contributed by atoms with E-state index in [9.17, 15) is 4.79 Å². The first-order valence-electron chi connectivity index (χ1n) is 7.17. The van der Waals surface area contributed by atoms with E-state index in [1.54, 1.807) is 0 Å². The molecule has 1 heterocycles. The van der Waals surface area contributed by atoms with Crippen molar-refractivity contribution in [2.75, 3.05) is 14.2 Å². The Morgan fingerprint density at radius 2 is 2.32 bits per heavy atom. The second kappa shape index (κ2) is 6.75. The van der Waals surface area contributed by atoms with Gasteiger partial charge < -0.3 is 14.6 Å². The fourth-order valence-electron chi connectivity index (χ4n) is 2.85. The van der Waals surface area contributed by atoms with E-state index in [-0.39, 0.29) is 5.97 Å². The Hall–Kier alpha value is -1.29. The van der Waals surface area contributed by atoms with E-state index in [0.717, 1.165) is 13.0 Å². The highest BCUT2D eigenvalue weighted by Gasteiger charge is 2.18. The van der Waals surface area contributed by atoms with Gasteiger partial charge in [0.25, 0.3) is 0 Å². The summed E-state index contributed by atoms with van der Waals surface area (Å²) in [5.74, 6) is -0.123. The van der Waals surface area contributed by atoms with Crippen molar-refractivity contribution in [3.8, 4) is 0 Å². The molecule has 1 atom stereocenters. The predicted octanol–water partition coefficient (Wildman–Crippen LogP) is 2.43. The lowest BCUT2D eigenvalue weighted by atomic mass is 10.1. The molecule has 1 aliphatic rings. The number of carbonyl (C=O) groups excluding carboxylic acids is 1. The third-order valence-corrected chi connectivity index (χ3v) is 3.94. The molecule has 0 radical (unpaired) electrons. The van der Waals surface area contributed by atoms with Crippen LogP contribution < -0.4 is 5.32 Å². The molecule has 4 heteroatoms. The van der Waals surface area contributed by atoms with Gasteiger partial charge in [-0.25, -0.2) is 0 Å². The number of hydrogen-bond acceptors (Lipinski definition) is 3. The molecule has 0 aromatic carbocycles. The SMILES string of the molecule is CNC1CCCCc2cn(CCCC(=O)OC)cc21. The first-order chi connectivity index (χ1) is 9.24. The number of nitrogens with one attached hydrogen (secondary N) is 1. The monoisotopic (exact) mass is 264 g/mol. The zero-order valence-corrected chi connectivity index (χ0v) is 11.9. The standard InChI is InChI=1S/C15H24N2O2/c1-16-14-7-4-3-6-12-10-17(11-13(12)14)9-5-8-15(18)19-2/h10-11,14,16H,3-9H2,1-2H3. The summed E-state index contributed by atoms with van der Waals surface area (Å²) in [7, 11) is 3.48. The lowest BCUT2D eigenvalue weighted by Gasteiger charge is -2.13. The first-order valence-corrected chi connectivity index (χ1v) is 7.17. The van der Waals surface area contributed by atoms with Gasteiger partial charge in [0.1, 0.15) is 0 Å². The smallest absolute Gasteiger partial charge is 0.305 e. The predicted molar refractivity (Wildman–Crippen MR) is 75.0 cm³/mol. The number of rotatable bonds is 5. The third-order valence-electron chi connectivity index (χ3n) is 3.94. The molecule has 0 spiro atoms. The molecule has 0 aliphatic heterocycles. The van der Waals surface area contributed by atoms with Crippen molar-refractivity contribution >= 4 is 5.97 Å². The number of carbonyl (C=O) groups is 1. The number of fused-ring (bicyclic) bond motifs is 1. The fourth-order valence-corrected chi connectivity index (χ4v) is 2.85. The van der Waals surface area contributed by atoms with Crippen LogP contribution in [0.3, 0.4) is 0 Å². The Kier molecular flexibility index (Phi) is 5.02. The second-order valence-electron chi connectivity index (χ2n) is 5.24. The molecule has 1 aliphatic carbocycles. The molecule has 19 heavy (non-hydrogen) atoms. The summed E-state index contributed by atoms with van der Waals surface area (Å²) >= 11 is 0. The summed E-state index contributed by atoms with van der Waals surface area (Å²) in [4.78, 5) is 11.1. The molecule has 0 bridgehead atoms. The van der Waals surface area contributed by atoms with Crippen LogP contribution >= 0.6 is 0 Å². The number of nitrogens with zero attached hydrogens (tertiary/aromatic N) is 1. The molecule has 1 aromatic rings. The van der Waals surface area contributed by atoms with E-state index in [1.807, 2.05) is 7.05 Å². The van der Waals surface area contributed by atoms with Gasteiger partial charge in [0, 0.05) is 31.4 Å². The largest absolute Gasteiger partial charge is 0.469 e. The number of esters is 1. The number of aromatic nitrogens is 1. The number of hydrogen-bond donors (Lipinski definition) is 1. The zero-order valence-electron chi connectivity index (χ0n) is 11.9. The average molecular weight is 264 g/mol. The molecule has 0 fully saturated rings. The Labute approximate surface area is 115 Å². The fraction of sp³-hybridized carbons (Fsp3) is 0.667. The van der Waals surface area contributed by atoms with Crippen molar-refractivity contribution in [3.63, 3.8) is 0 Å². The van der Waals surface area contributed by atoms with Gasteiger partial charge in [-0.1, -0.05) is 6.42 Å².